The van der Waals surface area contributed by atoms with Crippen LogP contribution in [0.2, 0.25) is 0 Å². The van der Waals surface area contributed by atoms with Gasteiger partial charge < -0.3 is 5.32 Å². The average molecular weight is 389 g/mol. The van der Waals surface area contributed by atoms with Crippen LogP contribution in [-0.2, 0) is 11.3 Å². The molecule has 2 aromatic carbocycles. The first-order valence-corrected chi connectivity index (χ1v) is 9.38. The lowest BCUT2D eigenvalue weighted by Crippen LogP contribution is -2.15. The Morgan fingerprint density at radius 1 is 1.18 bits per heavy atom. The number of pyridine rings is 1. The van der Waals surface area contributed by atoms with Crippen LogP contribution < -0.4 is 5.32 Å². The summed E-state index contributed by atoms with van der Waals surface area (Å²) in [6, 6.07) is 17.6. The molecule has 0 atom stereocenters. The van der Waals surface area contributed by atoms with Crippen molar-refractivity contribution in [3.8, 4) is 11.4 Å². The first kappa shape index (κ1) is 18.1. The molecule has 0 saturated heterocycles. The number of hydrogen-bond donors (Lipinski definition) is 2. The SMILES string of the molecule is Cc1cccc(-c2n[nH]c(=S)n2CCC(=O)Nc2cccc3cccnc23)c1. The van der Waals surface area contributed by atoms with E-state index in [1.54, 1.807) is 6.20 Å². The highest BCUT2D eigenvalue weighted by molar-refractivity contribution is 7.71. The highest BCUT2D eigenvalue weighted by atomic mass is 32.1. The summed E-state index contributed by atoms with van der Waals surface area (Å²) < 4.78 is 2.35. The van der Waals surface area contributed by atoms with E-state index in [1.165, 1.54) is 0 Å². The van der Waals surface area contributed by atoms with Crippen LogP contribution in [0.1, 0.15) is 12.0 Å². The molecule has 2 N–H and O–H groups in total. The maximum absolute atomic E-state index is 12.5. The second kappa shape index (κ2) is 7.74. The normalized spacial score (nSPS) is 10.9. The molecule has 6 nitrogen and oxygen atoms in total. The number of benzene rings is 2. The van der Waals surface area contributed by atoms with Crippen molar-refractivity contribution in [3.05, 3.63) is 71.1 Å². The van der Waals surface area contributed by atoms with Gasteiger partial charge >= 0.3 is 0 Å². The van der Waals surface area contributed by atoms with Crippen LogP contribution in [0.3, 0.4) is 0 Å². The molecule has 0 aliphatic carbocycles. The Morgan fingerprint density at radius 2 is 2.00 bits per heavy atom. The topological polar surface area (TPSA) is 75.6 Å². The van der Waals surface area contributed by atoms with E-state index in [4.69, 9.17) is 12.2 Å². The summed E-state index contributed by atoms with van der Waals surface area (Å²) in [5.41, 5.74) is 3.58. The number of para-hydroxylation sites is 1. The van der Waals surface area contributed by atoms with E-state index in [0.29, 0.717) is 17.0 Å². The quantitative estimate of drug-likeness (QED) is 0.493. The Kier molecular flexibility index (Phi) is 4.99. The number of H-pyrrole nitrogens is 1. The standard InChI is InChI=1S/C21H19N5OS/c1-14-5-2-7-16(13-14)20-24-25-21(28)26(20)12-10-18(27)23-17-9-3-6-15-8-4-11-22-19(15)17/h2-9,11,13H,10,12H2,1H3,(H,23,27)(H,25,28). The molecule has 0 bridgehead atoms. The van der Waals surface area contributed by atoms with Crippen molar-refractivity contribution in [1.82, 2.24) is 19.7 Å². The fraction of sp³-hybridized carbons (Fsp3) is 0.143. The molecule has 0 aliphatic rings. The predicted octanol–water partition coefficient (Wildman–Crippen LogP) is 4.49. The zero-order valence-corrected chi connectivity index (χ0v) is 16.2. The van der Waals surface area contributed by atoms with Crippen LogP contribution in [0.15, 0.2) is 60.8 Å². The maximum Gasteiger partial charge on any atom is 0.226 e. The number of carbonyl (C=O) groups excluding carboxylic acids is 1. The summed E-state index contributed by atoms with van der Waals surface area (Å²) in [6.45, 7) is 2.46. The maximum atomic E-state index is 12.5. The monoisotopic (exact) mass is 389 g/mol. The summed E-state index contributed by atoms with van der Waals surface area (Å²) in [6.07, 6.45) is 1.99. The molecule has 0 fully saturated rings. The number of rotatable bonds is 5. The third kappa shape index (κ3) is 3.70. The number of carbonyl (C=O) groups is 1. The lowest BCUT2D eigenvalue weighted by atomic mass is 10.1. The lowest BCUT2D eigenvalue weighted by Gasteiger charge is -2.10. The van der Waals surface area contributed by atoms with Crippen molar-refractivity contribution >= 4 is 34.7 Å². The van der Waals surface area contributed by atoms with Gasteiger partial charge in [0.1, 0.15) is 0 Å². The van der Waals surface area contributed by atoms with Crippen LogP contribution in [0.25, 0.3) is 22.3 Å². The smallest absolute Gasteiger partial charge is 0.226 e. The van der Waals surface area contributed by atoms with E-state index in [0.717, 1.165) is 27.9 Å². The van der Waals surface area contributed by atoms with Crippen LogP contribution in [0.4, 0.5) is 5.69 Å². The number of fused-ring (bicyclic) bond motifs is 1. The van der Waals surface area contributed by atoms with E-state index < -0.39 is 0 Å². The molecule has 0 aliphatic heterocycles. The zero-order chi connectivity index (χ0) is 19.5. The molecule has 2 aromatic heterocycles. The van der Waals surface area contributed by atoms with Crippen LogP contribution >= 0.6 is 12.2 Å². The van der Waals surface area contributed by atoms with Gasteiger partial charge in [0.05, 0.1) is 11.2 Å². The molecule has 2 heterocycles. The number of hydrogen-bond acceptors (Lipinski definition) is 4. The zero-order valence-electron chi connectivity index (χ0n) is 15.3. The number of anilines is 1. The van der Waals surface area contributed by atoms with Crippen molar-refractivity contribution in [3.63, 3.8) is 0 Å². The van der Waals surface area contributed by atoms with E-state index in [1.807, 2.05) is 66.1 Å². The molecular formula is C21H19N5OS. The first-order valence-electron chi connectivity index (χ1n) is 8.97. The third-order valence-electron chi connectivity index (χ3n) is 4.50. The second-order valence-electron chi connectivity index (χ2n) is 6.55. The molecule has 140 valence electrons. The number of amides is 1. The molecule has 0 saturated carbocycles. The molecule has 28 heavy (non-hydrogen) atoms. The minimum atomic E-state index is -0.101. The number of nitrogens with zero attached hydrogens (tertiary/aromatic N) is 3. The number of nitrogens with one attached hydrogen (secondary N) is 2. The Labute approximate surface area is 167 Å². The van der Waals surface area contributed by atoms with Gasteiger partial charge in [0.25, 0.3) is 0 Å². The Bertz CT molecular complexity index is 1210. The van der Waals surface area contributed by atoms with Gasteiger partial charge in [-0.25, -0.2) is 0 Å². The molecule has 1 amide bonds. The van der Waals surface area contributed by atoms with Crippen molar-refractivity contribution < 1.29 is 4.79 Å². The fourth-order valence-corrected chi connectivity index (χ4v) is 3.38. The largest absolute Gasteiger partial charge is 0.324 e. The molecule has 4 rings (SSSR count). The van der Waals surface area contributed by atoms with Crippen LogP contribution in [-0.4, -0.2) is 25.7 Å². The average Bonchev–Trinajstić information content (AvgIpc) is 3.07. The van der Waals surface area contributed by atoms with Gasteiger partial charge in [-0.3, -0.25) is 19.4 Å². The van der Waals surface area contributed by atoms with Crippen LogP contribution in [0.5, 0.6) is 0 Å². The molecule has 0 unspecified atom stereocenters. The summed E-state index contributed by atoms with van der Waals surface area (Å²) >= 11 is 5.35. The van der Waals surface area contributed by atoms with Gasteiger partial charge in [-0.15, -0.1) is 0 Å². The van der Waals surface area contributed by atoms with Crippen molar-refractivity contribution in [1.29, 1.82) is 0 Å². The highest BCUT2D eigenvalue weighted by Gasteiger charge is 2.12. The molecule has 4 aromatic rings. The summed E-state index contributed by atoms with van der Waals surface area (Å²) in [7, 11) is 0. The molecule has 0 spiro atoms. The molecule has 7 heteroatoms. The van der Waals surface area contributed by atoms with Gasteiger partial charge in [0.2, 0.25) is 5.91 Å². The van der Waals surface area contributed by atoms with E-state index in [9.17, 15) is 4.79 Å². The first-order chi connectivity index (χ1) is 13.6. The lowest BCUT2D eigenvalue weighted by molar-refractivity contribution is -0.116. The van der Waals surface area contributed by atoms with Gasteiger partial charge in [-0.2, -0.15) is 5.10 Å². The number of aromatic nitrogens is 4. The minimum Gasteiger partial charge on any atom is -0.324 e. The van der Waals surface area contributed by atoms with Gasteiger partial charge in [-0.1, -0.05) is 42.0 Å². The molecule has 0 radical (unpaired) electrons. The minimum absolute atomic E-state index is 0.101. The van der Waals surface area contributed by atoms with Gasteiger partial charge in [0.15, 0.2) is 10.6 Å². The summed E-state index contributed by atoms with van der Waals surface area (Å²) in [5.74, 6) is 0.629. The van der Waals surface area contributed by atoms with E-state index in [-0.39, 0.29) is 12.3 Å². The van der Waals surface area contributed by atoms with Crippen LogP contribution in [0, 0.1) is 11.7 Å². The Hall–Kier alpha value is -3.32. The van der Waals surface area contributed by atoms with E-state index in [2.05, 4.69) is 20.5 Å². The van der Waals surface area contributed by atoms with Crippen molar-refractivity contribution in [2.24, 2.45) is 0 Å². The second-order valence-corrected chi connectivity index (χ2v) is 6.94. The number of aryl methyl sites for hydroxylation is 1. The van der Waals surface area contributed by atoms with Gasteiger partial charge in [0, 0.05) is 30.1 Å². The number of aromatic amines is 1. The Morgan fingerprint density at radius 3 is 2.86 bits per heavy atom. The summed E-state index contributed by atoms with van der Waals surface area (Å²) in [5, 5.41) is 11.1. The van der Waals surface area contributed by atoms with Crippen molar-refractivity contribution in [2.75, 3.05) is 5.32 Å². The highest BCUT2D eigenvalue weighted by Crippen LogP contribution is 2.22. The predicted molar refractivity (Wildman–Crippen MR) is 113 cm³/mol. The molecular weight excluding hydrogens is 370 g/mol. The van der Waals surface area contributed by atoms with Crippen molar-refractivity contribution in [2.45, 2.75) is 19.9 Å². The van der Waals surface area contributed by atoms with E-state index >= 15 is 0 Å². The third-order valence-corrected chi connectivity index (χ3v) is 4.82. The summed E-state index contributed by atoms with van der Waals surface area (Å²) in [4.78, 5) is 16.9. The van der Waals surface area contributed by atoms with Gasteiger partial charge in [-0.05, 0) is 37.3 Å². The fourth-order valence-electron chi connectivity index (χ4n) is 3.16. The Balaban J connectivity index is 1.51.